The van der Waals surface area contributed by atoms with E-state index in [1.807, 2.05) is 0 Å². The van der Waals surface area contributed by atoms with Crippen molar-refractivity contribution in [2.45, 2.75) is 0 Å². The molecule has 0 spiro atoms. The van der Waals surface area contributed by atoms with Crippen molar-refractivity contribution < 1.29 is 86.8 Å². The number of nitro groups is 6. The zero-order valence-corrected chi connectivity index (χ0v) is 24.2. The van der Waals surface area contributed by atoms with Crippen LogP contribution < -0.4 is 32.7 Å². The summed E-state index contributed by atoms with van der Waals surface area (Å²) in [5.41, 5.74) is -3.02. The second-order valence-electron chi connectivity index (χ2n) is 6.44. The van der Waals surface area contributed by atoms with E-state index in [-0.39, 0.29) is 28.0 Å². The van der Waals surface area contributed by atoms with Gasteiger partial charge in [-0.2, -0.15) is 0 Å². The molecule has 0 aliphatic carbocycles. The molecule has 0 aromatic heterocycles. The summed E-state index contributed by atoms with van der Waals surface area (Å²) < 4.78 is 8.05. The molecule has 0 fully saturated rings. The number of methoxy groups -OCH3 is 2. The van der Waals surface area contributed by atoms with E-state index < -0.39 is 87.3 Å². The van der Waals surface area contributed by atoms with Crippen LogP contribution in [0.2, 0.25) is 0 Å². The Bertz CT molecular complexity index is 1270. The molecule has 2 rings (SSSR count). The molecule has 0 saturated heterocycles. The number of nitro benzene ring substituents is 6. The van der Waals surface area contributed by atoms with Crippen molar-refractivity contribution in [3.63, 3.8) is 0 Å². The zero-order valence-electron chi connectivity index (χ0n) is 23.0. The minimum Gasteiger partial charge on any atom is -0.863 e. The molecule has 0 saturated carbocycles. The van der Waals surface area contributed by atoms with E-state index >= 15 is 0 Å². The van der Waals surface area contributed by atoms with Gasteiger partial charge >= 0.3 is 29.3 Å². The van der Waals surface area contributed by atoms with Gasteiger partial charge in [-0.25, -0.2) is 21.3 Å². The van der Waals surface area contributed by atoms with E-state index in [1.54, 1.807) is 10.9 Å². The third kappa shape index (κ3) is 16.7. The number of carbonyl (C=O) groups is 2. The number of nitrogens with two attached hydrogens (primary N) is 2. The van der Waals surface area contributed by atoms with Crippen LogP contribution in [0.15, 0.2) is 24.3 Å². The number of hydrazine groups is 2. The number of nitrogens with one attached hydrogen (secondary N) is 2. The predicted molar refractivity (Wildman–Crippen MR) is 141 cm³/mol. The van der Waals surface area contributed by atoms with Crippen molar-refractivity contribution in [2.75, 3.05) is 14.2 Å². The number of non-ortho nitro benzene ring substituents is 2. The van der Waals surface area contributed by atoms with Gasteiger partial charge in [0.15, 0.2) is 0 Å². The van der Waals surface area contributed by atoms with Crippen LogP contribution >= 0.6 is 0 Å². The predicted octanol–water partition coefficient (Wildman–Crippen LogP) is -2.44. The second-order valence-corrected chi connectivity index (χ2v) is 6.44. The second kappa shape index (κ2) is 23.8. The van der Waals surface area contributed by atoms with Crippen LogP contribution in [-0.4, -0.2) is 55.9 Å². The van der Waals surface area contributed by atoms with E-state index in [0.717, 1.165) is 0 Å². The number of benzene rings is 2. The molecule has 2 aromatic carbocycles. The van der Waals surface area contributed by atoms with Crippen LogP contribution in [0.25, 0.3) is 0 Å². The maximum atomic E-state index is 11.1. The number of carbonyl (C=O) groups excluding carboxylic acids is 2. The van der Waals surface area contributed by atoms with E-state index in [4.69, 9.17) is 0 Å². The summed E-state index contributed by atoms with van der Waals surface area (Å²) in [5.74, 6) is 6.20. The summed E-state index contributed by atoms with van der Waals surface area (Å²) in [6, 6.07) is 1.54. The van der Waals surface area contributed by atoms with Gasteiger partial charge in [0.1, 0.15) is 0 Å². The third-order valence-corrected chi connectivity index (χ3v) is 3.88. The van der Waals surface area contributed by atoms with Crippen LogP contribution in [0.4, 0.5) is 43.7 Å². The van der Waals surface area contributed by atoms with Crippen LogP contribution in [0, 0.1) is 60.7 Å². The van der Waals surface area contributed by atoms with E-state index in [0.29, 0.717) is 24.3 Å². The Morgan fingerprint density at radius 3 is 0.830 bits per heavy atom. The maximum Gasteiger partial charge on any atom is 2.00 e. The van der Waals surface area contributed by atoms with Gasteiger partial charge in [0.05, 0.1) is 79.5 Å². The van der Waals surface area contributed by atoms with Crippen LogP contribution in [0.3, 0.4) is 0 Å². The molecule has 0 atom stereocenters. The average molecular weight is 729 g/mol. The monoisotopic (exact) mass is 729 g/mol. The summed E-state index contributed by atoms with van der Waals surface area (Å²) in [6.45, 7) is 0. The minimum absolute atomic E-state index is 0. The first-order chi connectivity index (χ1) is 20.3. The van der Waals surface area contributed by atoms with Crippen molar-refractivity contribution in [1.82, 2.24) is 10.9 Å². The number of rotatable bonds is 6. The van der Waals surface area contributed by atoms with Gasteiger partial charge in [-0.15, -0.1) is 0 Å². The minimum atomic E-state index is -1.46. The molecular formula is C16H22MnN10O20+2. The van der Waals surface area contributed by atoms with Gasteiger partial charge in [-0.05, 0) is 0 Å². The van der Waals surface area contributed by atoms with Crippen molar-refractivity contribution >= 4 is 46.3 Å². The topological polar surface area (TPSA) is 500 Å². The average Bonchev–Trinajstić information content (AvgIpc) is 2.96. The molecule has 31 heteroatoms. The molecule has 261 valence electrons. The molecule has 30 nitrogen and oxygen atoms in total. The summed E-state index contributed by atoms with van der Waals surface area (Å²) in [6.07, 6.45) is -1.26. The molecule has 0 aliphatic heterocycles. The Morgan fingerprint density at radius 2 is 0.745 bits per heavy atom. The summed E-state index contributed by atoms with van der Waals surface area (Å²) in [5, 5.41) is 84.2. The van der Waals surface area contributed by atoms with Gasteiger partial charge in [0.2, 0.25) is 0 Å². The fourth-order valence-corrected chi connectivity index (χ4v) is 2.04. The van der Waals surface area contributed by atoms with Crippen LogP contribution in [-0.2, 0) is 37.5 Å². The molecule has 0 bridgehead atoms. The smallest absolute Gasteiger partial charge is 0.863 e. The first kappa shape index (κ1) is 50.0. The fraction of sp³-hybridized carbons (Fsp3) is 0.125. The molecule has 0 heterocycles. The normalized spacial score (nSPS) is 8.43. The summed E-state index contributed by atoms with van der Waals surface area (Å²) >= 11 is 0. The van der Waals surface area contributed by atoms with Crippen molar-refractivity contribution in [3.8, 4) is 11.5 Å². The van der Waals surface area contributed by atoms with E-state index in [1.165, 1.54) is 14.2 Å². The molecule has 0 unspecified atom stereocenters. The molecule has 1 radical (unpaired) electrons. The number of hydrogen-bond acceptors (Lipinski definition) is 20. The molecule has 0 aliphatic rings. The largest absolute Gasteiger partial charge is 2.00 e. The standard InChI is InChI=1S/2C6H3N3O7.2C2H6N2O2.Mn.2H2O/c2*10-6-4(8(13)14)1-3(7(11)12)2-5(6)9(15)16;2*1-6-2(5)4-3;;;/h2*1-2,10H;2*3H2,1H3,(H,4,5);;2*1H2/q;;;;+2;;. The van der Waals surface area contributed by atoms with Gasteiger partial charge < -0.3 is 30.6 Å². The van der Waals surface area contributed by atoms with E-state index in [2.05, 4.69) is 21.2 Å². The number of ether oxygens (including phenoxy) is 2. The Morgan fingerprint density at radius 1 is 0.553 bits per heavy atom. The quantitative estimate of drug-likeness (QED) is 0.0598. The van der Waals surface area contributed by atoms with Crippen molar-refractivity contribution in [3.05, 3.63) is 85.0 Å². The van der Waals surface area contributed by atoms with Crippen molar-refractivity contribution in [1.29, 1.82) is 0 Å². The first-order valence-corrected chi connectivity index (χ1v) is 9.96. The third-order valence-electron chi connectivity index (χ3n) is 3.88. The zero-order chi connectivity index (χ0) is 34.9. The molecule has 47 heavy (non-hydrogen) atoms. The van der Waals surface area contributed by atoms with Gasteiger partial charge in [-0.3, -0.25) is 71.5 Å². The van der Waals surface area contributed by atoms with Crippen LogP contribution in [0.5, 0.6) is 11.5 Å². The van der Waals surface area contributed by atoms with E-state index in [9.17, 15) is 80.5 Å². The molecule has 2 amide bonds. The number of amides is 2. The Kier molecular flexibility index (Phi) is 25.3. The number of nitrogens with zero attached hydrogens (tertiary/aromatic N) is 6. The van der Waals surface area contributed by atoms with Crippen LogP contribution in [0.1, 0.15) is 0 Å². The Hall–Kier alpha value is -6.66. The fourth-order valence-electron chi connectivity index (χ4n) is 2.04. The van der Waals surface area contributed by atoms with Gasteiger partial charge in [0, 0.05) is 0 Å². The first-order valence-electron chi connectivity index (χ1n) is 9.96. The summed E-state index contributed by atoms with van der Waals surface area (Å²) in [4.78, 5) is 74.5. The Labute approximate surface area is 266 Å². The maximum absolute atomic E-state index is 11.1. The molecule has 12 N–H and O–H groups in total. The SMILES string of the molecule is COC(=O)NN.COC(=O)NN.O=[N+]([O-])c1cc([N+](=O)[O-])c([O-])c([N+](=O)[O-])c1.O=[N+]([O-])c1cc([N+](=O)[O-])c([O-])c([N+](=O)[O-])c1.[Mn+2].[OH3+].[OH3+]. The number of hydrogen-bond donors (Lipinski definition) is 4. The molecular weight excluding hydrogens is 707 g/mol. The Balaban J connectivity index is -0.000000179. The van der Waals surface area contributed by atoms with Gasteiger partial charge in [-0.1, -0.05) is 0 Å². The van der Waals surface area contributed by atoms with Gasteiger partial charge in [0.25, 0.3) is 34.1 Å². The molecule has 2 aromatic rings. The van der Waals surface area contributed by atoms with Crippen molar-refractivity contribution in [2.24, 2.45) is 11.7 Å². The summed E-state index contributed by atoms with van der Waals surface area (Å²) in [7, 11) is 2.48.